The zero-order valence-corrected chi connectivity index (χ0v) is 14.5. The van der Waals surface area contributed by atoms with E-state index in [-0.39, 0.29) is 5.97 Å². The molecule has 0 atom stereocenters. The molecular weight excluding hydrogens is 338 g/mol. The van der Waals surface area contributed by atoms with Crippen LogP contribution in [0.5, 0.6) is 0 Å². The summed E-state index contributed by atoms with van der Waals surface area (Å²) in [5.41, 5.74) is 1.61. The first kappa shape index (κ1) is 17.0. The number of thioether (sulfide) groups is 1. The SMILES string of the molecule is C=CCn1c(SCc2ccc(C(=O)OC)cc2)nnc1-c1ccco1. The minimum Gasteiger partial charge on any atom is -0.465 e. The minimum absolute atomic E-state index is 0.340. The lowest BCUT2D eigenvalue weighted by Gasteiger charge is -2.06. The molecule has 0 spiro atoms. The van der Waals surface area contributed by atoms with Crippen molar-refractivity contribution in [1.29, 1.82) is 0 Å². The summed E-state index contributed by atoms with van der Waals surface area (Å²) in [6, 6.07) is 11.0. The highest BCUT2D eigenvalue weighted by atomic mass is 32.2. The fourth-order valence-corrected chi connectivity index (χ4v) is 3.18. The zero-order chi connectivity index (χ0) is 17.6. The number of hydrogen-bond donors (Lipinski definition) is 0. The van der Waals surface area contributed by atoms with Gasteiger partial charge >= 0.3 is 5.97 Å². The van der Waals surface area contributed by atoms with Gasteiger partial charge in [0.05, 0.1) is 18.9 Å². The van der Waals surface area contributed by atoms with E-state index in [1.165, 1.54) is 7.11 Å². The average Bonchev–Trinajstić information content (AvgIpc) is 3.30. The second-order valence-electron chi connectivity index (χ2n) is 5.16. The van der Waals surface area contributed by atoms with Crippen LogP contribution < -0.4 is 0 Å². The number of allylic oxidation sites excluding steroid dienone is 1. The smallest absolute Gasteiger partial charge is 0.337 e. The monoisotopic (exact) mass is 355 g/mol. The van der Waals surface area contributed by atoms with Crippen molar-refractivity contribution in [3.8, 4) is 11.6 Å². The first-order valence-electron chi connectivity index (χ1n) is 7.61. The molecule has 0 amide bonds. The fraction of sp³-hybridized carbons (Fsp3) is 0.167. The molecule has 2 aromatic heterocycles. The first-order chi connectivity index (χ1) is 12.2. The molecule has 0 aliphatic rings. The van der Waals surface area contributed by atoms with Crippen LogP contribution in [-0.4, -0.2) is 27.8 Å². The van der Waals surface area contributed by atoms with Gasteiger partial charge in [-0.3, -0.25) is 4.57 Å². The van der Waals surface area contributed by atoms with Crippen LogP contribution in [0.25, 0.3) is 11.6 Å². The van der Waals surface area contributed by atoms with Gasteiger partial charge in [0.1, 0.15) is 0 Å². The van der Waals surface area contributed by atoms with E-state index in [2.05, 4.69) is 16.8 Å². The van der Waals surface area contributed by atoms with Crippen molar-refractivity contribution < 1.29 is 13.9 Å². The van der Waals surface area contributed by atoms with Crippen LogP contribution in [0, 0.1) is 0 Å². The summed E-state index contributed by atoms with van der Waals surface area (Å²) in [4.78, 5) is 11.5. The molecule has 25 heavy (non-hydrogen) atoms. The Balaban J connectivity index is 1.75. The Hall–Kier alpha value is -2.80. The Morgan fingerprint density at radius 1 is 1.32 bits per heavy atom. The quantitative estimate of drug-likeness (QED) is 0.365. The van der Waals surface area contributed by atoms with Crippen LogP contribution in [0.3, 0.4) is 0 Å². The summed E-state index contributed by atoms with van der Waals surface area (Å²) in [5.74, 6) is 1.71. The molecule has 128 valence electrons. The predicted molar refractivity (Wildman–Crippen MR) is 95.3 cm³/mol. The maximum atomic E-state index is 11.5. The van der Waals surface area contributed by atoms with E-state index in [0.29, 0.717) is 29.4 Å². The standard InChI is InChI=1S/C18H17N3O3S/c1-3-10-21-16(15-5-4-11-24-15)19-20-18(21)25-12-13-6-8-14(9-7-13)17(22)23-2/h3-9,11H,1,10,12H2,2H3. The third-order valence-corrected chi connectivity index (χ3v) is 4.55. The van der Waals surface area contributed by atoms with Gasteiger partial charge in [0.2, 0.25) is 5.82 Å². The van der Waals surface area contributed by atoms with E-state index in [1.807, 2.05) is 28.8 Å². The third-order valence-electron chi connectivity index (χ3n) is 3.51. The van der Waals surface area contributed by atoms with E-state index in [1.54, 1.807) is 36.2 Å². The Morgan fingerprint density at radius 3 is 2.76 bits per heavy atom. The maximum absolute atomic E-state index is 11.5. The van der Waals surface area contributed by atoms with Crippen LogP contribution in [0.2, 0.25) is 0 Å². The number of furan rings is 1. The maximum Gasteiger partial charge on any atom is 0.337 e. The summed E-state index contributed by atoms with van der Waals surface area (Å²) in [7, 11) is 1.37. The number of methoxy groups -OCH3 is 1. The van der Waals surface area contributed by atoms with Crippen LogP contribution in [0.1, 0.15) is 15.9 Å². The van der Waals surface area contributed by atoms with Crippen molar-refractivity contribution in [2.75, 3.05) is 7.11 Å². The largest absolute Gasteiger partial charge is 0.465 e. The molecule has 7 heteroatoms. The number of esters is 1. The van der Waals surface area contributed by atoms with Crippen molar-refractivity contribution in [1.82, 2.24) is 14.8 Å². The number of rotatable bonds is 7. The summed E-state index contributed by atoms with van der Waals surface area (Å²) < 4.78 is 12.1. The van der Waals surface area contributed by atoms with Gasteiger partial charge < -0.3 is 9.15 Å². The molecule has 0 aliphatic heterocycles. The molecule has 3 aromatic rings. The van der Waals surface area contributed by atoms with E-state index in [4.69, 9.17) is 9.15 Å². The van der Waals surface area contributed by atoms with Gasteiger partial charge in [0.15, 0.2) is 10.9 Å². The van der Waals surface area contributed by atoms with Gasteiger partial charge in [0.25, 0.3) is 0 Å². The molecule has 0 aliphatic carbocycles. The molecular formula is C18H17N3O3S. The van der Waals surface area contributed by atoms with Crippen LogP contribution in [0.4, 0.5) is 0 Å². The van der Waals surface area contributed by atoms with E-state index in [9.17, 15) is 4.79 Å². The topological polar surface area (TPSA) is 70.2 Å². The number of benzene rings is 1. The highest BCUT2D eigenvalue weighted by molar-refractivity contribution is 7.98. The molecule has 0 bridgehead atoms. The lowest BCUT2D eigenvalue weighted by atomic mass is 10.1. The first-order valence-corrected chi connectivity index (χ1v) is 8.59. The van der Waals surface area contributed by atoms with Crippen molar-refractivity contribution >= 4 is 17.7 Å². The van der Waals surface area contributed by atoms with E-state index in [0.717, 1.165) is 10.7 Å². The molecule has 0 saturated heterocycles. The fourth-order valence-electron chi connectivity index (χ4n) is 2.28. The summed E-state index contributed by atoms with van der Waals surface area (Å²) in [5, 5.41) is 9.27. The highest BCUT2D eigenvalue weighted by Gasteiger charge is 2.15. The van der Waals surface area contributed by atoms with Gasteiger partial charge in [-0.15, -0.1) is 16.8 Å². The average molecular weight is 355 g/mol. The zero-order valence-electron chi connectivity index (χ0n) is 13.7. The molecule has 6 nitrogen and oxygen atoms in total. The Labute approximate surface area is 149 Å². The number of carbonyl (C=O) groups excluding carboxylic acids is 1. The molecule has 0 radical (unpaired) electrons. The lowest BCUT2D eigenvalue weighted by molar-refractivity contribution is 0.0600. The van der Waals surface area contributed by atoms with Crippen LogP contribution in [-0.2, 0) is 17.0 Å². The summed E-state index contributed by atoms with van der Waals surface area (Å²) in [6.45, 7) is 4.38. The number of hydrogen-bond acceptors (Lipinski definition) is 6. The van der Waals surface area contributed by atoms with Crippen LogP contribution >= 0.6 is 11.8 Å². The molecule has 3 rings (SSSR count). The number of ether oxygens (including phenoxy) is 1. The van der Waals surface area contributed by atoms with Crippen molar-refractivity contribution in [2.45, 2.75) is 17.5 Å². The lowest BCUT2D eigenvalue weighted by Crippen LogP contribution is -2.01. The summed E-state index contributed by atoms with van der Waals surface area (Å²) >= 11 is 1.56. The Bertz CT molecular complexity index is 854. The van der Waals surface area contributed by atoms with Crippen LogP contribution in [0.15, 0.2) is 64.9 Å². The van der Waals surface area contributed by atoms with Gasteiger partial charge in [-0.2, -0.15) is 0 Å². The molecule has 1 aromatic carbocycles. The normalized spacial score (nSPS) is 10.6. The van der Waals surface area contributed by atoms with E-state index < -0.39 is 0 Å². The molecule has 0 unspecified atom stereocenters. The minimum atomic E-state index is -0.340. The van der Waals surface area contributed by atoms with Gasteiger partial charge in [-0.05, 0) is 29.8 Å². The predicted octanol–water partition coefficient (Wildman–Crippen LogP) is 3.80. The Morgan fingerprint density at radius 2 is 2.12 bits per heavy atom. The molecule has 0 N–H and O–H groups in total. The van der Waals surface area contributed by atoms with Gasteiger partial charge in [-0.1, -0.05) is 30.0 Å². The number of nitrogens with zero attached hydrogens (tertiary/aromatic N) is 3. The third kappa shape index (κ3) is 3.83. The second-order valence-corrected chi connectivity index (χ2v) is 6.10. The molecule has 0 fully saturated rings. The van der Waals surface area contributed by atoms with Crippen molar-refractivity contribution in [3.63, 3.8) is 0 Å². The molecule has 0 saturated carbocycles. The Kier molecular flexibility index (Phi) is 5.35. The number of carbonyl (C=O) groups is 1. The van der Waals surface area contributed by atoms with Gasteiger partial charge in [-0.25, -0.2) is 4.79 Å². The second kappa shape index (κ2) is 7.85. The summed E-state index contributed by atoms with van der Waals surface area (Å²) in [6.07, 6.45) is 3.41. The molecule has 2 heterocycles. The van der Waals surface area contributed by atoms with Gasteiger partial charge in [0, 0.05) is 12.3 Å². The van der Waals surface area contributed by atoms with E-state index >= 15 is 0 Å². The van der Waals surface area contributed by atoms with Crippen molar-refractivity contribution in [2.24, 2.45) is 0 Å². The van der Waals surface area contributed by atoms with Crippen molar-refractivity contribution in [3.05, 3.63) is 66.4 Å². The number of aromatic nitrogens is 3. The highest BCUT2D eigenvalue weighted by Crippen LogP contribution is 2.26.